The minimum absolute atomic E-state index is 0.206. The Balaban J connectivity index is 2.16. The third kappa shape index (κ3) is 5.52. The molecule has 3 rings (SSSR count). The number of hydrogen-bond acceptors (Lipinski definition) is 4. The van der Waals surface area contributed by atoms with Crippen LogP contribution in [0.3, 0.4) is 0 Å². The van der Waals surface area contributed by atoms with Gasteiger partial charge in [-0.25, -0.2) is 14.4 Å². The second-order valence-electron chi connectivity index (χ2n) is 7.49. The second kappa shape index (κ2) is 11.2. The van der Waals surface area contributed by atoms with Crippen molar-refractivity contribution < 1.29 is 19.1 Å². The summed E-state index contributed by atoms with van der Waals surface area (Å²) >= 11 is 0. The number of ether oxygens (including phenoxy) is 1. The van der Waals surface area contributed by atoms with E-state index in [-0.39, 0.29) is 18.7 Å². The van der Waals surface area contributed by atoms with Crippen molar-refractivity contribution in [1.29, 1.82) is 0 Å². The monoisotopic (exact) mass is 450 g/mol. The van der Waals surface area contributed by atoms with Crippen LogP contribution in [0.5, 0.6) is 0 Å². The Labute approximate surface area is 194 Å². The van der Waals surface area contributed by atoms with Gasteiger partial charge in [0.1, 0.15) is 0 Å². The Morgan fingerprint density at radius 1 is 1.06 bits per heavy atom. The van der Waals surface area contributed by atoms with Crippen molar-refractivity contribution in [2.45, 2.75) is 33.2 Å². The van der Waals surface area contributed by atoms with Crippen LogP contribution in [-0.4, -0.2) is 42.6 Å². The zero-order chi connectivity index (χ0) is 23.8. The lowest BCUT2D eigenvalue weighted by Crippen LogP contribution is -2.48. The van der Waals surface area contributed by atoms with Gasteiger partial charge < -0.3 is 20.7 Å². The summed E-state index contributed by atoms with van der Waals surface area (Å²) in [7, 11) is 0. The molecular weight excluding hydrogens is 420 g/mol. The molecule has 8 nitrogen and oxygen atoms in total. The van der Waals surface area contributed by atoms with Crippen LogP contribution in [0, 0.1) is 0 Å². The number of hydrogen-bond donors (Lipinski definition) is 3. The number of rotatable bonds is 8. The lowest BCUT2D eigenvalue weighted by molar-refractivity contribution is -0.138. The van der Waals surface area contributed by atoms with Gasteiger partial charge in [0.2, 0.25) is 0 Å². The van der Waals surface area contributed by atoms with Crippen LogP contribution < -0.4 is 16.0 Å². The van der Waals surface area contributed by atoms with Crippen LogP contribution in [0.15, 0.2) is 60.2 Å². The van der Waals surface area contributed by atoms with Crippen molar-refractivity contribution >= 4 is 29.4 Å². The van der Waals surface area contributed by atoms with Crippen molar-refractivity contribution in [2.24, 2.45) is 0 Å². The maximum absolute atomic E-state index is 13.2. The average molecular weight is 451 g/mol. The summed E-state index contributed by atoms with van der Waals surface area (Å²) in [4.78, 5) is 40.0. The van der Waals surface area contributed by atoms with Crippen LogP contribution in [-0.2, 0) is 9.53 Å². The van der Waals surface area contributed by atoms with Crippen LogP contribution in [0.2, 0.25) is 0 Å². The zero-order valence-corrected chi connectivity index (χ0v) is 19.2. The molecular formula is C25H30N4O4. The molecule has 174 valence electrons. The number of nitrogens with zero attached hydrogens (tertiary/aromatic N) is 1. The number of carbonyl (C=O) groups excluding carboxylic acids is 3. The van der Waals surface area contributed by atoms with E-state index < -0.39 is 12.0 Å². The first kappa shape index (κ1) is 23.8. The SMILES string of the molecule is CCCN1C(=O)NC(c2cccc(NC(=O)NCC)c2)C(C(=O)OCC)=C1c1ccccc1. The molecule has 1 heterocycles. The first-order valence-electron chi connectivity index (χ1n) is 11.2. The molecule has 0 radical (unpaired) electrons. The number of anilines is 1. The highest BCUT2D eigenvalue weighted by Crippen LogP contribution is 2.37. The van der Waals surface area contributed by atoms with Crippen molar-refractivity contribution in [3.8, 4) is 0 Å². The summed E-state index contributed by atoms with van der Waals surface area (Å²) in [6.07, 6.45) is 0.719. The Morgan fingerprint density at radius 3 is 2.48 bits per heavy atom. The van der Waals surface area contributed by atoms with Gasteiger partial charge in [0.05, 0.1) is 23.9 Å². The minimum atomic E-state index is -0.740. The highest BCUT2D eigenvalue weighted by molar-refractivity contribution is 6.04. The molecule has 0 fully saturated rings. The molecule has 0 aliphatic carbocycles. The molecule has 1 atom stereocenters. The van der Waals surface area contributed by atoms with Crippen LogP contribution in [0.1, 0.15) is 44.4 Å². The van der Waals surface area contributed by atoms with E-state index in [4.69, 9.17) is 4.74 Å². The average Bonchev–Trinajstić information content (AvgIpc) is 2.81. The molecule has 0 saturated carbocycles. The number of amides is 4. The van der Waals surface area contributed by atoms with E-state index in [2.05, 4.69) is 16.0 Å². The quantitative estimate of drug-likeness (QED) is 0.523. The molecule has 8 heteroatoms. The second-order valence-corrected chi connectivity index (χ2v) is 7.49. The summed E-state index contributed by atoms with van der Waals surface area (Å²) in [6.45, 7) is 6.70. The number of urea groups is 2. The Kier molecular flexibility index (Phi) is 8.07. The van der Waals surface area contributed by atoms with E-state index in [0.717, 1.165) is 12.0 Å². The van der Waals surface area contributed by atoms with Gasteiger partial charge in [-0.1, -0.05) is 49.4 Å². The fourth-order valence-corrected chi connectivity index (χ4v) is 3.81. The topological polar surface area (TPSA) is 99.8 Å². The predicted molar refractivity (Wildman–Crippen MR) is 127 cm³/mol. The van der Waals surface area contributed by atoms with Crippen molar-refractivity contribution in [1.82, 2.24) is 15.5 Å². The van der Waals surface area contributed by atoms with Crippen LogP contribution in [0.4, 0.5) is 15.3 Å². The Hall–Kier alpha value is -3.81. The summed E-state index contributed by atoms with van der Waals surface area (Å²) in [5.74, 6) is -0.496. The molecule has 0 spiro atoms. The molecule has 4 amide bonds. The third-order valence-corrected chi connectivity index (χ3v) is 5.13. The van der Waals surface area contributed by atoms with Gasteiger partial charge in [0.15, 0.2) is 0 Å². The molecule has 0 bridgehead atoms. The maximum Gasteiger partial charge on any atom is 0.338 e. The maximum atomic E-state index is 13.2. The van der Waals surface area contributed by atoms with Gasteiger partial charge in [0, 0.05) is 18.8 Å². The van der Waals surface area contributed by atoms with E-state index >= 15 is 0 Å². The summed E-state index contributed by atoms with van der Waals surface area (Å²) in [6, 6.07) is 15.1. The molecule has 1 aliphatic heterocycles. The Bertz CT molecular complexity index is 1040. The lowest BCUT2D eigenvalue weighted by Gasteiger charge is -2.37. The van der Waals surface area contributed by atoms with E-state index in [1.54, 1.807) is 30.0 Å². The molecule has 0 saturated heterocycles. The highest BCUT2D eigenvalue weighted by atomic mass is 16.5. The molecule has 0 aromatic heterocycles. The first-order chi connectivity index (χ1) is 16.0. The van der Waals surface area contributed by atoms with Gasteiger partial charge in [0.25, 0.3) is 0 Å². The molecule has 1 aliphatic rings. The zero-order valence-electron chi connectivity index (χ0n) is 19.2. The summed E-state index contributed by atoms with van der Waals surface area (Å²) in [5.41, 5.74) is 2.85. The van der Waals surface area contributed by atoms with Gasteiger partial charge in [-0.2, -0.15) is 0 Å². The Morgan fingerprint density at radius 2 is 1.82 bits per heavy atom. The fraction of sp³-hybridized carbons (Fsp3) is 0.320. The van der Waals surface area contributed by atoms with Crippen LogP contribution >= 0.6 is 0 Å². The minimum Gasteiger partial charge on any atom is -0.463 e. The first-order valence-corrected chi connectivity index (χ1v) is 11.2. The van der Waals surface area contributed by atoms with Crippen LogP contribution in [0.25, 0.3) is 5.70 Å². The summed E-state index contributed by atoms with van der Waals surface area (Å²) in [5, 5.41) is 8.41. The van der Waals surface area contributed by atoms with Crippen molar-refractivity contribution in [2.75, 3.05) is 25.0 Å². The fourth-order valence-electron chi connectivity index (χ4n) is 3.81. The normalized spacial score (nSPS) is 15.7. The molecule has 2 aromatic rings. The van der Waals surface area contributed by atoms with Gasteiger partial charge >= 0.3 is 18.0 Å². The number of nitrogens with one attached hydrogen (secondary N) is 3. The standard InChI is InChI=1S/C25H30N4O4/c1-4-15-29-22(17-11-8-7-9-12-17)20(23(30)33-6-3)21(28-25(29)32)18-13-10-14-19(16-18)27-24(31)26-5-2/h7-14,16,21H,4-6,15H2,1-3H3,(H,28,32)(H2,26,27,31). The number of esters is 1. The number of carbonyl (C=O) groups is 3. The van der Waals surface area contributed by atoms with E-state index in [1.807, 2.05) is 50.2 Å². The lowest BCUT2D eigenvalue weighted by atomic mass is 9.91. The highest BCUT2D eigenvalue weighted by Gasteiger charge is 2.38. The summed E-state index contributed by atoms with van der Waals surface area (Å²) < 4.78 is 5.42. The third-order valence-electron chi connectivity index (χ3n) is 5.13. The van der Waals surface area contributed by atoms with E-state index in [9.17, 15) is 14.4 Å². The molecule has 1 unspecified atom stereocenters. The predicted octanol–water partition coefficient (Wildman–Crippen LogP) is 4.28. The van der Waals surface area contributed by atoms with E-state index in [0.29, 0.717) is 35.6 Å². The number of benzene rings is 2. The smallest absolute Gasteiger partial charge is 0.338 e. The van der Waals surface area contributed by atoms with Gasteiger partial charge in [-0.3, -0.25) is 4.90 Å². The van der Waals surface area contributed by atoms with Gasteiger partial charge in [-0.15, -0.1) is 0 Å². The van der Waals surface area contributed by atoms with Gasteiger partial charge in [-0.05, 0) is 43.5 Å². The molecule has 3 N–H and O–H groups in total. The van der Waals surface area contributed by atoms with Crippen molar-refractivity contribution in [3.05, 3.63) is 71.3 Å². The molecule has 33 heavy (non-hydrogen) atoms. The largest absolute Gasteiger partial charge is 0.463 e. The van der Waals surface area contributed by atoms with E-state index in [1.165, 1.54) is 0 Å². The molecule has 2 aromatic carbocycles. The van der Waals surface area contributed by atoms with Crippen molar-refractivity contribution in [3.63, 3.8) is 0 Å².